The van der Waals surface area contributed by atoms with Crippen LogP contribution in [0.4, 0.5) is 5.69 Å². The Labute approximate surface area is 65.7 Å². The maximum atomic E-state index is 7.34. The molecule has 0 amide bonds. The summed E-state index contributed by atoms with van der Waals surface area (Å²) in [6.07, 6.45) is -0.490. The van der Waals surface area contributed by atoms with Gasteiger partial charge in [-0.15, -0.1) is 0 Å². The van der Waals surface area contributed by atoms with E-state index < -0.39 is 24.6 Å². The summed E-state index contributed by atoms with van der Waals surface area (Å²) in [7, 11) is 0. The zero-order valence-electron chi connectivity index (χ0n) is 9.40. The lowest BCUT2D eigenvalue weighted by Crippen LogP contribution is -1.91. The smallest absolute Gasteiger partial charge is 0.152 e. The van der Waals surface area contributed by atoms with Crippen LogP contribution in [0.5, 0.6) is 0 Å². The highest BCUT2D eigenvalue weighted by atomic mass is 35.5. The van der Waals surface area contributed by atoms with Gasteiger partial charge in [0.1, 0.15) is 0 Å². The fraction of sp³-hybridized carbons (Fsp3) is 0.167. The number of nitrogens with two attached hydrogens (primary N) is 1. The highest BCUT2D eigenvalue weighted by Crippen LogP contribution is 2.17. The highest BCUT2D eigenvalue weighted by Gasteiger charge is 1.96. The third-order valence-electron chi connectivity index (χ3n) is 0.827. The molecule has 9 heavy (non-hydrogen) atoms. The van der Waals surface area contributed by atoms with Crippen LogP contribution < -0.4 is 5.73 Å². The van der Waals surface area contributed by atoms with Gasteiger partial charge in [0.05, 0.1) is 8.43 Å². The summed E-state index contributed by atoms with van der Waals surface area (Å²) in [6, 6.07) is -0.507. The number of nitrogen functional groups attached to an aromatic ring is 1. The number of halogens is 1. The second-order valence-corrected chi connectivity index (χ2v) is 1.79. The summed E-state index contributed by atoms with van der Waals surface area (Å²) < 4.78 is 35.9. The number of anilines is 1. The van der Waals surface area contributed by atoms with Crippen LogP contribution in [0.3, 0.4) is 0 Å². The number of nitrogens with zero attached hydrogens (tertiary/aromatic N) is 1. The van der Waals surface area contributed by atoms with E-state index in [9.17, 15) is 0 Å². The normalized spacial score (nSPS) is 19.0. The molecule has 1 rings (SSSR count). The molecule has 0 aliphatic carbocycles. The van der Waals surface area contributed by atoms with Crippen molar-refractivity contribution >= 4 is 17.3 Å². The molecule has 0 spiro atoms. The highest BCUT2D eigenvalue weighted by molar-refractivity contribution is 6.31. The van der Waals surface area contributed by atoms with Crippen molar-refractivity contribution in [3.63, 3.8) is 0 Å². The van der Waals surface area contributed by atoms with Crippen LogP contribution in [-0.4, -0.2) is 4.98 Å². The fourth-order valence-electron chi connectivity index (χ4n) is 0.364. The van der Waals surface area contributed by atoms with Gasteiger partial charge in [-0.05, 0) is 18.5 Å². The standard InChI is InChI=1S/C6H7ClN2/c1-4-2-3-9-6(7)5(4)8/h2-3H,8H2,1H3/i1D3,2D,3D. The molecule has 48 valence electrons. The molecule has 0 aromatic carbocycles. The Morgan fingerprint density at radius 3 is 3.44 bits per heavy atom. The van der Waals surface area contributed by atoms with Crippen LogP contribution in [0.15, 0.2) is 12.2 Å². The number of pyridine rings is 1. The van der Waals surface area contributed by atoms with Crippen LogP contribution >= 0.6 is 11.6 Å². The van der Waals surface area contributed by atoms with E-state index in [0.717, 1.165) is 0 Å². The lowest BCUT2D eigenvalue weighted by Gasteiger charge is -1.97. The van der Waals surface area contributed by atoms with Crippen molar-refractivity contribution in [2.75, 3.05) is 5.73 Å². The molecule has 0 fully saturated rings. The molecule has 0 aliphatic heterocycles. The molecule has 0 radical (unpaired) electrons. The first kappa shape index (κ1) is 2.46. The Morgan fingerprint density at radius 1 is 2.00 bits per heavy atom. The van der Waals surface area contributed by atoms with Gasteiger partial charge in [-0.3, -0.25) is 0 Å². The van der Waals surface area contributed by atoms with E-state index in [1.54, 1.807) is 0 Å². The lowest BCUT2D eigenvalue weighted by molar-refractivity contribution is 1.29. The Morgan fingerprint density at radius 2 is 2.78 bits per heavy atom. The Balaban J connectivity index is 3.56. The van der Waals surface area contributed by atoms with Gasteiger partial charge in [0.25, 0.3) is 0 Å². The molecule has 2 N–H and O–H groups in total. The first-order chi connectivity index (χ1) is 6.25. The average Bonchev–Trinajstić information content (AvgIpc) is 1.98. The minimum absolute atomic E-state index is 0.253. The van der Waals surface area contributed by atoms with Crippen molar-refractivity contribution in [2.24, 2.45) is 0 Å². The van der Waals surface area contributed by atoms with Crippen LogP contribution in [0.25, 0.3) is 0 Å². The fourth-order valence-corrected chi connectivity index (χ4v) is 0.500. The summed E-state index contributed by atoms with van der Waals surface area (Å²) >= 11 is 5.51. The van der Waals surface area contributed by atoms with Gasteiger partial charge in [0.15, 0.2) is 5.15 Å². The van der Waals surface area contributed by atoms with E-state index in [4.69, 9.17) is 24.2 Å². The van der Waals surface area contributed by atoms with Crippen LogP contribution in [0, 0.1) is 6.85 Å². The van der Waals surface area contributed by atoms with Crippen LogP contribution in [-0.2, 0) is 0 Å². The Kier molecular flexibility index (Phi) is 0.611. The topological polar surface area (TPSA) is 38.9 Å². The monoisotopic (exact) mass is 147 g/mol. The van der Waals surface area contributed by atoms with Crippen LogP contribution in [0.1, 0.15) is 12.4 Å². The molecular formula is C6H7ClN2. The first-order valence-electron chi connectivity index (χ1n) is 4.67. The minimum Gasteiger partial charge on any atom is -0.396 e. The Bertz CT molecular complexity index is 349. The van der Waals surface area contributed by atoms with E-state index in [-0.39, 0.29) is 10.8 Å². The molecule has 1 heterocycles. The second-order valence-electron chi connectivity index (χ2n) is 1.43. The van der Waals surface area contributed by atoms with Gasteiger partial charge in [-0.25, -0.2) is 4.98 Å². The summed E-state index contributed by atoms with van der Waals surface area (Å²) in [4.78, 5) is 3.42. The van der Waals surface area contributed by atoms with E-state index in [1.807, 2.05) is 0 Å². The zero-order valence-corrected chi connectivity index (χ0v) is 5.16. The summed E-state index contributed by atoms with van der Waals surface area (Å²) in [5.41, 5.74) is 4.71. The van der Waals surface area contributed by atoms with E-state index in [2.05, 4.69) is 4.98 Å². The van der Waals surface area contributed by atoms with Gasteiger partial charge >= 0.3 is 0 Å². The van der Waals surface area contributed by atoms with Crippen molar-refractivity contribution < 1.29 is 6.85 Å². The molecular weight excluding hydrogens is 136 g/mol. The zero-order chi connectivity index (χ0) is 11.1. The largest absolute Gasteiger partial charge is 0.396 e. The van der Waals surface area contributed by atoms with Gasteiger partial charge in [-0.1, -0.05) is 11.6 Å². The third-order valence-corrected chi connectivity index (χ3v) is 1.11. The summed E-state index contributed by atoms with van der Waals surface area (Å²) in [6.45, 7) is -2.55. The third kappa shape index (κ3) is 1.13. The molecule has 3 heteroatoms. The van der Waals surface area contributed by atoms with Gasteiger partial charge in [-0.2, -0.15) is 0 Å². The van der Waals surface area contributed by atoms with E-state index in [1.165, 1.54) is 0 Å². The van der Waals surface area contributed by atoms with Crippen molar-refractivity contribution in [3.05, 3.63) is 22.9 Å². The van der Waals surface area contributed by atoms with Gasteiger partial charge < -0.3 is 5.73 Å². The SMILES string of the molecule is [2H]c1nc(Cl)c(N)c(C([2H])([2H])[2H])c1[2H]. The summed E-state index contributed by atoms with van der Waals surface area (Å²) in [5, 5.41) is -0.253. The van der Waals surface area contributed by atoms with E-state index >= 15 is 0 Å². The predicted molar refractivity (Wildman–Crippen MR) is 38.4 cm³/mol. The maximum absolute atomic E-state index is 7.34. The summed E-state index contributed by atoms with van der Waals surface area (Å²) in [5.74, 6) is 0. The number of rotatable bonds is 0. The maximum Gasteiger partial charge on any atom is 0.152 e. The second kappa shape index (κ2) is 2.23. The van der Waals surface area contributed by atoms with Crippen molar-refractivity contribution in [1.82, 2.24) is 4.98 Å². The predicted octanol–water partition coefficient (Wildman–Crippen LogP) is 1.63. The lowest BCUT2D eigenvalue weighted by atomic mass is 10.3. The molecule has 0 atom stereocenters. The molecule has 0 aliphatic rings. The van der Waals surface area contributed by atoms with Crippen molar-refractivity contribution in [1.29, 1.82) is 0 Å². The first-order valence-corrected chi connectivity index (χ1v) is 2.55. The molecule has 0 saturated heterocycles. The van der Waals surface area contributed by atoms with Crippen LogP contribution in [0.2, 0.25) is 5.15 Å². The van der Waals surface area contributed by atoms with Gasteiger partial charge in [0.2, 0.25) is 0 Å². The van der Waals surface area contributed by atoms with E-state index in [0.29, 0.717) is 0 Å². The molecule has 1 aromatic rings. The van der Waals surface area contributed by atoms with Gasteiger partial charge in [0, 0.05) is 10.3 Å². The molecule has 0 bridgehead atoms. The molecule has 0 saturated carbocycles. The Hall–Kier alpha value is -0.760. The van der Waals surface area contributed by atoms with Crippen molar-refractivity contribution in [2.45, 2.75) is 6.85 Å². The average molecular weight is 148 g/mol. The minimum atomic E-state index is -2.55. The quantitative estimate of drug-likeness (QED) is 0.567. The number of hydrogen-bond acceptors (Lipinski definition) is 2. The molecule has 0 unspecified atom stereocenters. The number of aromatic nitrogens is 1. The van der Waals surface area contributed by atoms with Crippen molar-refractivity contribution in [3.8, 4) is 0 Å². The molecule has 2 nitrogen and oxygen atoms in total. The molecule has 1 aromatic heterocycles. The number of hydrogen-bond donors (Lipinski definition) is 1.